The summed E-state index contributed by atoms with van der Waals surface area (Å²) in [5, 5.41) is 10.1. The van der Waals surface area contributed by atoms with Crippen LogP contribution in [0, 0.1) is 0 Å². The minimum atomic E-state index is -0.647. The van der Waals surface area contributed by atoms with Crippen molar-refractivity contribution in [3.63, 3.8) is 0 Å². The van der Waals surface area contributed by atoms with Crippen LogP contribution in [0.1, 0.15) is 32.1 Å². The molecule has 9 nitrogen and oxygen atoms in total. The Kier molecular flexibility index (Phi) is 8.58. The first-order chi connectivity index (χ1) is 15.6. The Bertz CT molecular complexity index is 976. The molecule has 0 saturated carbocycles. The average molecular weight is 499 g/mol. The number of carbonyl (C=O) groups is 2. The molecule has 1 aliphatic heterocycles. The van der Waals surface area contributed by atoms with Gasteiger partial charge in [0, 0.05) is 32.2 Å². The number of nitrogens with zero attached hydrogens (tertiary/aromatic N) is 2. The lowest BCUT2D eigenvalue weighted by atomic mass is 10.2. The molecule has 1 aliphatic rings. The van der Waals surface area contributed by atoms with Gasteiger partial charge in [-0.15, -0.1) is 0 Å². The third-order valence-corrected chi connectivity index (χ3v) is 5.40. The van der Waals surface area contributed by atoms with E-state index in [1.807, 2.05) is 12.1 Å². The minimum absolute atomic E-state index is 0.0112. The van der Waals surface area contributed by atoms with Gasteiger partial charge in [0.1, 0.15) is 11.4 Å². The summed E-state index contributed by atoms with van der Waals surface area (Å²) in [6.45, 7) is 8.39. The maximum Gasteiger partial charge on any atom is 0.413 e. The van der Waals surface area contributed by atoms with Crippen molar-refractivity contribution in [2.75, 3.05) is 31.6 Å². The zero-order valence-electron chi connectivity index (χ0n) is 18.8. The summed E-state index contributed by atoms with van der Waals surface area (Å²) in [4.78, 5) is 26.3. The van der Waals surface area contributed by atoms with Gasteiger partial charge in [0.2, 0.25) is 5.91 Å². The lowest BCUT2D eigenvalue weighted by molar-refractivity contribution is -0.122. The van der Waals surface area contributed by atoms with Gasteiger partial charge in [-0.05, 0) is 38.5 Å². The summed E-state index contributed by atoms with van der Waals surface area (Å²) in [6, 6.07) is 7.08. The molecule has 0 radical (unpaired) electrons. The van der Waals surface area contributed by atoms with Gasteiger partial charge in [0.25, 0.3) is 0 Å². The number of morpholine rings is 1. The van der Waals surface area contributed by atoms with Crippen LogP contribution >= 0.6 is 23.2 Å². The van der Waals surface area contributed by atoms with E-state index >= 15 is 0 Å². The smallest absolute Gasteiger partial charge is 0.413 e. The van der Waals surface area contributed by atoms with E-state index in [4.69, 9.17) is 37.2 Å². The van der Waals surface area contributed by atoms with Gasteiger partial charge in [-0.3, -0.25) is 15.0 Å². The van der Waals surface area contributed by atoms with Crippen LogP contribution in [-0.4, -0.2) is 60.0 Å². The number of rotatable bonds is 7. The second-order valence-electron chi connectivity index (χ2n) is 8.76. The van der Waals surface area contributed by atoms with Crippen LogP contribution < -0.4 is 10.6 Å². The molecule has 1 aromatic carbocycles. The third-order valence-electron chi connectivity index (χ3n) is 4.66. The van der Waals surface area contributed by atoms with Crippen molar-refractivity contribution in [3.05, 3.63) is 45.6 Å². The summed E-state index contributed by atoms with van der Waals surface area (Å²) in [5.41, 5.74) is 0.435. The van der Waals surface area contributed by atoms with Crippen molar-refractivity contribution in [1.29, 1.82) is 0 Å². The summed E-state index contributed by atoms with van der Waals surface area (Å²) in [5.74, 6) is 0.269. The normalized spacial score (nSPS) is 16.9. The summed E-state index contributed by atoms with van der Waals surface area (Å²) < 4.78 is 16.0. The fourth-order valence-electron chi connectivity index (χ4n) is 3.26. The molecule has 1 atom stereocenters. The Balaban J connectivity index is 1.41. The molecular weight excluding hydrogens is 471 g/mol. The van der Waals surface area contributed by atoms with Crippen LogP contribution in [0.3, 0.4) is 0 Å². The number of amides is 2. The number of nitrogens with one attached hydrogen (secondary N) is 2. The molecule has 180 valence electrons. The number of anilines is 1. The van der Waals surface area contributed by atoms with Gasteiger partial charge >= 0.3 is 6.09 Å². The van der Waals surface area contributed by atoms with Crippen LogP contribution in [0.4, 0.5) is 10.6 Å². The predicted octanol–water partition coefficient (Wildman–Crippen LogP) is 3.89. The molecule has 1 saturated heterocycles. The van der Waals surface area contributed by atoms with E-state index < -0.39 is 11.7 Å². The molecule has 2 amide bonds. The SMILES string of the molecule is CC(C)(C)OC(=O)Nc1cc(CC(=O)NC[C@H]2CN(Cc3ccc(Cl)c(Cl)c3)CCO2)on1. The number of ether oxygens (including phenoxy) is 2. The first-order valence-corrected chi connectivity index (χ1v) is 11.3. The van der Waals surface area contributed by atoms with Crippen LogP contribution in [0.25, 0.3) is 0 Å². The third kappa shape index (κ3) is 8.51. The van der Waals surface area contributed by atoms with E-state index in [1.54, 1.807) is 26.8 Å². The highest BCUT2D eigenvalue weighted by Gasteiger charge is 2.22. The Morgan fingerprint density at radius 3 is 2.76 bits per heavy atom. The highest BCUT2D eigenvalue weighted by molar-refractivity contribution is 6.42. The van der Waals surface area contributed by atoms with Gasteiger partial charge in [-0.1, -0.05) is 34.4 Å². The highest BCUT2D eigenvalue weighted by atomic mass is 35.5. The molecule has 0 aliphatic carbocycles. The summed E-state index contributed by atoms with van der Waals surface area (Å²) in [6.07, 6.45) is -0.792. The lowest BCUT2D eigenvalue weighted by Crippen LogP contribution is -2.47. The van der Waals surface area contributed by atoms with Gasteiger partial charge in [0.05, 0.1) is 29.2 Å². The molecule has 33 heavy (non-hydrogen) atoms. The van der Waals surface area contributed by atoms with E-state index in [9.17, 15) is 9.59 Å². The molecule has 0 unspecified atom stereocenters. The Labute approximate surface area is 202 Å². The molecule has 3 rings (SSSR count). The Hall–Kier alpha value is -2.33. The monoisotopic (exact) mass is 498 g/mol. The van der Waals surface area contributed by atoms with Crippen LogP contribution in [0.5, 0.6) is 0 Å². The second kappa shape index (κ2) is 11.2. The van der Waals surface area contributed by atoms with Crippen molar-refractivity contribution >= 4 is 41.0 Å². The van der Waals surface area contributed by atoms with Gasteiger partial charge in [-0.25, -0.2) is 4.79 Å². The number of hydrogen-bond donors (Lipinski definition) is 2. The molecule has 1 aromatic heterocycles. The summed E-state index contributed by atoms with van der Waals surface area (Å²) in [7, 11) is 0. The zero-order chi connectivity index (χ0) is 24.0. The molecule has 1 fully saturated rings. The molecule has 2 aromatic rings. The van der Waals surface area contributed by atoms with Crippen molar-refractivity contribution in [2.45, 2.75) is 45.4 Å². The quantitative estimate of drug-likeness (QED) is 0.596. The minimum Gasteiger partial charge on any atom is -0.444 e. The number of halogens is 2. The average Bonchev–Trinajstić information content (AvgIpc) is 3.14. The number of hydrogen-bond acceptors (Lipinski definition) is 7. The topological polar surface area (TPSA) is 106 Å². The van der Waals surface area contributed by atoms with Gasteiger partial charge in [-0.2, -0.15) is 0 Å². The van der Waals surface area contributed by atoms with Crippen LogP contribution in [0.15, 0.2) is 28.8 Å². The van der Waals surface area contributed by atoms with E-state index in [1.165, 1.54) is 6.07 Å². The standard InChI is InChI=1S/C22H28Cl2N4O5/c1-22(2,3)32-21(30)26-19-9-15(33-27-19)10-20(29)25-11-16-13-28(6-7-31-16)12-14-4-5-17(23)18(24)8-14/h4-5,8-9,16H,6-7,10-13H2,1-3H3,(H,25,29)(H,26,27,30)/t16-/m0/s1. The van der Waals surface area contributed by atoms with Crippen molar-refractivity contribution < 1.29 is 23.6 Å². The summed E-state index contributed by atoms with van der Waals surface area (Å²) >= 11 is 12.1. The first kappa shape index (κ1) is 25.3. The number of aromatic nitrogens is 1. The Morgan fingerprint density at radius 1 is 1.24 bits per heavy atom. The second-order valence-corrected chi connectivity index (χ2v) is 9.58. The van der Waals surface area contributed by atoms with Crippen LogP contribution in [0.2, 0.25) is 10.0 Å². The number of benzene rings is 1. The highest BCUT2D eigenvalue weighted by Crippen LogP contribution is 2.23. The van der Waals surface area contributed by atoms with E-state index in [0.29, 0.717) is 35.5 Å². The molecule has 2 heterocycles. The molecule has 11 heteroatoms. The van der Waals surface area contributed by atoms with Gasteiger partial charge < -0.3 is 19.3 Å². The van der Waals surface area contributed by atoms with Gasteiger partial charge in [0.15, 0.2) is 5.82 Å². The predicted molar refractivity (Wildman–Crippen MR) is 125 cm³/mol. The zero-order valence-corrected chi connectivity index (χ0v) is 20.3. The molecular formula is C22H28Cl2N4O5. The fourth-order valence-corrected chi connectivity index (χ4v) is 3.58. The molecule has 2 N–H and O–H groups in total. The van der Waals surface area contributed by atoms with Crippen molar-refractivity contribution in [2.24, 2.45) is 0 Å². The van der Waals surface area contributed by atoms with E-state index in [0.717, 1.165) is 18.7 Å². The van der Waals surface area contributed by atoms with Crippen LogP contribution in [-0.2, 0) is 27.2 Å². The van der Waals surface area contributed by atoms with E-state index in [2.05, 4.69) is 20.7 Å². The van der Waals surface area contributed by atoms with Crippen molar-refractivity contribution in [1.82, 2.24) is 15.4 Å². The molecule has 0 bridgehead atoms. The fraction of sp³-hybridized carbons (Fsp3) is 0.500. The maximum atomic E-state index is 12.3. The first-order valence-electron chi connectivity index (χ1n) is 10.6. The number of carbonyl (C=O) groups excluding carboxylic acids is 2. The largest absolute Gasteiger partial charge is 0.444 e. The van der Waals surface area contributed by atoms with E-state index in [-0.39, 0.29) is 24.2 Å². The molecule has 0 spiro atoms. The Morgan fingerprint density at radius 2 is 2.03 bits per heavy atom. The maximum absolute atomic E-state index is 12.3. The lowest BCUT2D eigenvalue weighted by Gasteiger charge is -2.33. The van der Waals surface area contributed by atoms with Crippen molar-refractivity contribution in [3.8, 4) is 0 Å².